The molecule has 1 heterocycles. The maximum Gasteiger partial charge on any atom is 0.247 e. The highest BCUT2D eigenvalue weighted by atomic mass is 19.1. The molecule has 0 atom stereocenters. The van der Waals surface area contributed by atoms with Crippen LogP contribution in [0.3, 0.4) is 0 Å². The summed E-state index contributed by atoms with van der Waals surface area (Å²) in [5.41, 5.74) is 2.70. The molecular weight excluding hydrogens is 257 g/mol. The molecule has 0 saturated carbocycles. The monoisotopic (exact) mass is 269 g/mol. The van der Waals surface area contributed by atoms with E-state index in [1.54, 1.807) is 6.07 Å². The normalized spacial score (nSPS) is 10.4. The van der Waals surface area contributed by atoms with Crippen LogP contribution in [0.25, 0.3) is 11.5 Å². The van der Waals surface area contributed by atoms with Gasteiger partial charge in [0, 0.05) is 17.8 Å². The molecular formula is C15H12FN3O. The van der Waals surface area contributed by atoms with Crippen LogP contribution in [0.1, 0.15) is 5.56 Å². The Kier molecular flexibility index (Phi) is 3.41. The first-order valence-corrected chi connectivity index (χ1v) is 6.16. The molecule has 0 bridgehead atoms. The van der Waals surface area contributed by atoms with E-state index in [0.29, 0.717) is 12.4 Å². The van der Waals surface area contributed by atoms with Crippen LogP contribution >= 0.6 is 0 Å². The van der Waals surface area contributed by atoms with Gasteiger partial charge in [0.05, 0.1) is 0 Å². The Balaban J connectivity index is 1.67. The van der Waals surface area contributed by atoms with Gasteiger partial charge in [0.25, 0.3) is 0 Å². The molecule has 0 aliphatic rings. The van der Waals surface area contributed by atoms with Crippen LogP contribution in [0.4, 0.5) is 10.1 Å². The summed E-state index contributed by atoms with van der Waals surface area (Å²) < 4.78 is 18.2. The first kappa shape index (κ1) is 12.3. The minimum absolute atomic E-state index is 0.226. The number of aromatic nitrogens is 2. The van der Waals surface area contributed by atoms with Gasteiger partial charge in [-0.15, -0.1) is 10.2 Å². The lowest BCUT2D eigenvalue weighted by Gasteiger charge is -2.07. The standard InChI is InChI=1S/C15H12FN3O/c16-13-3-1-2-11(8-13)9-17-14-6-4-12(5-7-14)15-19-18-10-20-15/h1-8,10,17H,9H2. The van der Waals surface area contributed by atoms with Gasteiger partial charge in [-0.3, -0.25) is 0 Å². The highest BCUT2D eigenvalue weighted by Crippen LogP contribution is 2.19. The molecule has 0 unspecified atom stereocenters. The topological polar surface area (TPSA) is 51.0 Å². The molecule has 0 radical (unpaired) electrons. The zero-order chi connectivity index (χ0) is 13.8. The van der Waals surface area contributed by atoms with E-state index in [9.17, 15) is 4.39 Å². The first-order valence-electron chi connectivity index (χ1n) is 6.16. The van der Waals surface area contributed by atoms with Crippen molar-refractivity contribution in [3.63, 3.8) is 0 Å². The van der Waals surface area contributed by atoms with Crippen LogP contribution in [0, 0.1) is 5.82 Å². The molecule has 100 valence electrons. The molecule has 2 aromatic carbocycles. The van der Waals surface area contributed by atoms with E-state index in [2.05, 4.69) is 15.5 Å². The highest BCUT2D eigenvalue weighted by Gasteiger charge is 2.03. The van der Waals surface area contributed by atoms with Crippen molar-refractivity contribution in [2.45, 2.75) is 6.54 Å². The third kappa shape index (κ3) is 2.83. The molecule has 0 saturated heterocycles. The van der Waals surface area contributed by atoms with Gasteiger partial charge >= 0.3 is 0 Å². The maximum atomic E-state index is 13.1. The van der Waals surface area contributed by atoms with Gasteiger partial charge in [-0.25, -0.2) is 4.39 Å². The van der Waals surface area contributed by atoms with Gasteiger partial charge in [-0.1, -0.05) is 12.1 Å². The van der Waals surface area contributed by atoms with Gasteiger partial charge < -0.3 is 9.73 Å². The molecule has 5 heteroatoms. The van der Waals surface area contributed by atoms with Gasteiger partial charge in [-0.2, -0.15) is 0 Å². The van der Waals surface area contributed by atoms with Crippen molar-refractivity contribution in [2.24, 2.45) is 0 Å². The Morgan fingerprint density at radius 2 is 1.95 bits per heavy atom. The average molecular weight is 269 g/mol. The number of anilines is 1. The molecule has 3 aromatic rings. The molecule has 1 N–H and O–H groups in total. The van der Waals surface area contributed by atoms with Gasteiger partial charge in [0.2, 0.25) is 12.3 Å². The number of benzene rings is 2. The Bertz CT molecular complexity index is 681. The largest absolute Gasteiger partial charge is 0.423 e. The fraction of sp³-hybridized carbons (Fsp3) is 0.0667. The molecule has 0 spiro atoms. The van der Waals surface area contributed by atoms with E-state index in [1.165, 1.54) is 18.5 Å². The Morgan fingerprint density at radius 3 is 2.65 bits per heavy atom. The number of nitrogens with zero attached hydrogens (tertiary/aromatic N) is 2. The molecule has 20 heavy (non-hydrogen) atoms. The van der Waals surface area contributed by atoms with Gasteiger partial charge in [0.15, 0.2) is 0 Å². The van der Waals surface area contributed by atoms with Gasteiger partial charge in [0.1, 0.15) is 5.82 Å². The second-order valence-electron chi connectivity index (χ2n) is 4.30. The van der Waals surface area contributed by atoms with E-state index >= 15 is 0 Å². The Morgan fingerprint density at radius 1 is 1.10 bits per heavy atom. The third-order valence-electron chi connectivity index (χ3n) is 2.88. The zero-order valence-corrected chi connectivity index (χ0v) is 10.6. The maximum absolute atomic E-state index is 13.1. The van der Waals surface area contributed by atoms with Crippen molar-refractivity contribution in [3.8, 4) is 11.5 Å². The Labute approximate surface area is 115 Å². The molecule has 0 fully saturated rings. The quantitative estimate of drug-likeness (QED) is 0.787. The summed E-state index contributed by atoms with van der Waals surface area (Å²) in [6, 6.07) is 14.1. The molecule has 3 rings (SSSR count). The van der Waals surface area contributed by atoms with E-state index in [0.717, 1.165) is 16.8 Å². The lowest BCUT2D eigenvalue weighted by molar-refractivity contribution is 0.568. The van der Waals surface area contributed by atoms with E-state index < -0.39 is 0 Å². The second kappa shape index (κ2) is 5.52. The number of rotatable bonds is 4. The number of hydrogen-bond donors (Lipinski definition) is 1. The van der Waals surface area contributed by atoms with Crippen LogP contribution in [0.15, 0.2) is 59.3 Å². The van der Waals surface area contributed by atoms with E-state index in [4.69, 9.17) is 4.42 Å². The summed E-state index contributed by atoms with van der Waals surface area (Å²) >= 11 is 0. The SMILES string of the molecule is Fc1cccc(CNc2ccc(-c3nnco3)cc2)c1. The van der Waals surface area contributed by atoms with Crippen molar-refractivity contribution < 1.29 is 8.81 Å². The molecule has 0 aliphatic heterocycles. The van der Waals surface area contributed by atoms with Crippen molar-refractivity contribution in [2.75, 3.05) is 5.32 Å². The summed E-state index contributed by atoms with van der Waals surface area (Å²) in [5, 5.41) is 10.7. The van der Waals surface area contributed by atoms with Crippen molar-refractivity contribution in [1.29, 1.82) is 0 Å². The van der Waals surface area contributed by atoms with Crippen LogP contribution in [-0.4, -0.2) is 10.2 Å². The smallest absolute Gasteiger partial charge is 0.247 e. The average Bonchev–Trinajstić information content (AvgIpc) is 3.00. The highest BCUT2D eigenvalue weighted by molar-refractivity contribution is 5.58. The number of halogens is 1. The summed E-state index contributed by atoms with van der Waals surface area (Å²) in [7, 11) is 0. The second-order valence-corrected chi connectivity index (χ2v) is 4.30. The van der Waals surface area contributed by atoms with Gasteiger partial charge in [-0.05, 0) is 42.0 Å². The van der Waals surface area contributed by atoms with Crippen LogP contribution < -0.4 is 5.32 Å². The molecule has 0 amide bonds. The van der Waals surface area contributed by atoms with E-state index in [-0.39, 0.29) is 5.82 Å². The lowest BCUT2D eigenvalue weighted by Crippen LogP contribution is -1.99. The van der Waals surface area contributed by atoms with E-state index in [1.807, 2.05) is 30.3 Å². The van der Waals surface area contributed by atoms with Crippen LogP contribution in [-0.2, 0) is 6.54 Å². The zero-order valence-electron chi connectivity index (χ0n) is 10.6. The number of nitrogens with one attached hydrogen (secondary N) is 1. The Hall–Kier alpha value is -2.69. The fourth-order valence-corrected chi connectivity index (χ4v) is 1.88. The van der Waals surface area contributed by atoms with Crippen molar-refractivity contribution in [1.82, 2.24) is 10.2 Å². The fourth-order valence-electron chi connectivity index (χ4n) is 1.88. The molecule has 1 aromatic heterocycles. The minimum Gasteiger partial charge on any atom is -0.423 e. The lowest BCUT2D eigenvalue weighted by atomic mass is 10.2. The number of hydrogen-bond acceptors (Lipinski definition) is 4. The summed E-state index contributed by atoms with van der Waals surface area (Å²) in [5.74, 6) is 0.262. The third-order valence-corrected chi connectivity index (χ3v) is 2.88. The van der Waals surface area contributed by atoms with Crippen LogP contribution in [0.5, 0.6) is 0 Å². The predicted octanol–water partition coefficient (Wildman–Crippen LogP) is 3.49. The van der Waals surface area contributed by atoms with Crippen molar-refractivity contribution in [3.05, 3.63) is 66.3 Å². The van der Waals surface area contributed by atoms with Crippen LogP contribution in [0.2, 0.25) is 0 Å². The minimum atomic E-state index is -0.226. The summed E-state index contributed by atoms with van der Waals surface area (Å²) in [4.78, 5) is 0. The van der Waals surface area contributed by atoms with Crippen molar-refractivity contribution >= 4 is 5.69 Å². The summed E-state index contributed by atoms with van der Waals surface area (Å²) in [6.45, 7) is 0.567. The first-order chi connectivity index (χ1) is 9.81. The molecule has 0 aliphatic carbocycles. The molecule has 4 nitrogen and oxygen atoms in total. The predicted molar refractivity (Wildman–Crippen MR) is 73.5 cm³/mol. The summed E-state index contributed by atoms with van der Waals surface area (Å²) in [6.07, 6.45) is 1.30.